The van der Waals surface area contributed by atoms with E-state index in [1.807, 2.05) is 30.3 Å². The third-order valence-corrected chi connectivity index (χ3v) is 6.32. The zero-order valence-corrected chi connectivity index (χ0v) is 17.5. The number of furan rings is 1. The fraction of sp³-hybridized carbons (Fsp3) is 0.292. The highest BCUT2D eigenvalue weighted by Gasteiger charge is 2.25. The number of fused-ring (bicyclic) bond motifs is 1. The minimum atomic E-state index is -0.324. The third-order valence-electron chi connectivity index (χ3n) is 4.89. The van der Waals surface area contributed by atoms with Gasteiger partial charge in [0.05, 0.1) is 6.61 Å². The second kappa shape index (κ2) is 8.70. The Hall–Kier alpha value is -2.46. The largest absolute Gasteiger partial charge is 0.462 e. The van der Waals surface area contributed by atoms with Crippen LogP contribution in [0.5, 0.6) is 0 Å². The van der Waals surface area contributed by atoms with Gasteiger partial charge in [0.25, 0.3) is 0 Å². The second-order valence-corrected chi connectivity index (χ2v) is 8.53. The van der Waals surface area contributed by atoms with Crippen LogP contribution in [0.4, 0.5) is 0 Å². The highest BCUT2D eigenvalue weighted by molar-refractivity contribution is 7.99. The van der Waals surface area contributed by atoms with Crippen LogP contribution in [0.15, 0.2) is 76.1 Å². The van der Waals surface area contributed by atoms with Gasteiger partial charge in [-0.05, 0) is 37.6 Å². The van der Waals surface area contributed by atoms with Gasteiger partial charge in [-0.15, -0.1) is 11.8 Å². The molecule has 0 saturated heterocycles. The topological polar surface area (TPSA) is 39.4 Å². The predicted molar refractivity (Wildman–Crippen MR) is 117 cm³/mol. The van der Waals surface area contributed by atoms with Gasteiger partial charge in [-0.3, -0.25) is 0 Å². The Morgan fingerprint density at radius 2 is 1.93 bits per heavy atom. The lowest BCUT2D eigenvalue weighted by molar-refractivity contribution is -0.141. The van der Waals surface area contributed by atoms with Crippen molar-refractivity contribution in [3.05, 3.63) is 66.7 Å². The summed E-state index contributed by atoms with van der Waals surface area (Å²) in [6.07, 6.45) is 0.921. The second-order valence-electron chi connectivity index (χ2n) is 7.49. The smallest absolute Gasteiger partial charge is 0.333 e. The van der Waals surface area contributed by atoms with Gasteiger partial charge in [0.2, 0.25) is 0 Å². The molecule has 1 aromatic heterocycles. The van der Waals surface area contributed by atoms with Crippen molar-refractivity contribution >= 4 is 28.7 Å². The van der Waals surface area contributed by atoms with Gasteiger partial charge in [-0.2, -0.15) is 0 Å². The van der Waals surface area contributed by atoms with Crippen LogP contribution in [0, 0.1) is 5.41 Å². The molecule has 1 unspecified atom stereocenters. The molecule has 3 nitrogen and oxygen atoms in total. The fourth-order valence-corrected chi connectivity index (χ4v) is 3.87. The Morgan fingerprint density at radius 3 is 2.61 bits per heavy atom. The van der Waals surface area contributed by atoms with Gasteiger partial charge in [0.1, 0.15) is 11.3 Å². The number of thioether (sulfide) groups is 1. The van der Waals surface area contributed by atoms with E-state index >= 15 is 0 Å². The molecular weight excluding hydrogens is 368 g/mol. The van der Waals surface area contributed by atoms with Gasteiger partial charge >= 0.3 is 5.97 Å². The van der Waals surface area contributed by atoms with Crippen LogP contribution in [-0.4, -0.2) is 18.3 Å². The lowest BCUT2D eigenvalue weighted by Crippen LogP contribution is -2.27. The molecule has 0 aliphatic heterocycles. The number of hydrogen-bond acceptors (Lipinski definition) is 4. The Kier molecular flexibility index (Phi) is 6.30. The van der Waals surface area contributed by atoms with Crippen molar-refractivity contribution in [2.75, 3.05) is 12.4 Å². The summed E-state index contributed by atoms with van der Waals surface area (Å²) < 4.78 is 11.5. The van der Waals surface area contributed by atoms with Gasteiger partial charge in [-0.25, -0.2) is 4.79 Å². The van der Waals surface area contributed by atoms with Crippen LogP contribution in [0.3, 0.4) is 0 Å². The molecule has 0 spiro atoms. The number of hydrogen-bond donors (Lipinski definition) is 0. The Balaban J connectivity index is 1.69. The van der Waals surface area contributed by atoms with Crippen LogP contribution < -0.4 is 0 Å². The lowest BCUT2D eigenvalue weighted by atomic mass is 9.91. The number of rotatable bonds is 8. The van der Waals surface area contributed by atoms with Gasteiger partial charge in [0, 0.05) is 32.6 Å². The molecule has 3 aromatic rings. The summed E-state index contributed by atoms with van der Waals surface area (Å²) in [6, 6.07) is 18.5. The Bertz CT molecular complexity index is 974. The Morgan fingerprint density at radius 1 is 1.18 bits per heavy atom. The van der Waals surface area contributed by atoms with E-state index in [0.717, 1.165) is 39.4 Å². The summed E-state index contributed by atoms with van der Waals surface area (Å²) in [4.78, 5) is 12.9. The van der Waals surface area contributed by atoms with E-state index < -0.39 is 0 Å². The molecule has 0 aliphatic carbocycles. The SMILES string of the molecule is C=C(C)C(=O)OCC(C)(CC)CSc1ccc2cc(-c3ccccc3)oc2c1. The molecule has 4 heteroatoms. The van der Waals surface area contributed by atoms with Crippen molar-refractivity contribution in [3.63, 3.8) is 0 Å². The summed E-state index contributed by atoms with van der Waals surface area (Å²) in [5.41, 5.74) is 2.30. The molecule has 3 rings (SSSR count). The Labute approximate surface area is 170 Å². The normalized spacial score (nSPS) is 13.2. The van der Waals surface area contributed by atoms with E-state index in [9.17, 15) is 4.79 Å². The van der Waals surface area contributed by atoms with Crippen LogP contribution in [-0.2, 0) is 9.53 Å². The van der Waals surface area contributed by atoms with E-state index in [0.29, 0.717) is 12.2 Å². The van der Waals surface area contributed by atoms with Crippen molar-refractivity contribution in [3.8, 4) is 11.3 Å². The molecule has 0 N–H and O–H groups in total. The standard InChI is InChI=1S/C24H26O3S/c1-5-24(4,15-26-23(25)17(2)3)16-28-20-12-11-19-13-21(27-22(19)14-20)18-9-7-6-8-10-18/h6-14H,2,5,15-16H2,1,3-4H3. The van der Waals surface area contributed by atoms with Crippen LogP contribution in [0.2, 0.25) is 0 Å². The number of benzene rings is 2. The van der Waals surface area contributed by atoms with E-state index in [4.69, 9.17) is 9.15 Å². The molecule has 1 heterocycles. The molecule has 0 aliphatic rings. The maximum Gasteiger partial charge on any atom is 0.333 e. The first-order valence-corrected chi connectivity index (χ1v) is 10.4. The van der Waals surface area contributed by atoms with E-state index in [1.165, 1.54) is 0 Å². The zero-order chi connectivity index (χ0) is 20.1. The lowest BCUT2D eigenvalue weighted by Gasteiger charge is -2.27. The summed E-state index contributed by atoms with van der Waals surface area (Å²) in [7, 11) is 0. The average molecular weight is 395 g/mol. The maximum absolute atomic E-state index is 11.7. The third kappa shape index (κ3) is 4.87. The molecular formula is C24H26O3S. The molecule has 2 aromatic carbocycles. The molecule has 1 atom stereocenters. The van der Waals surface area contributed by atoms with E-state index in [2.05, 4.69) is 44.7 Å². The summed E-state index contributed by atoms with van der Waals surface area (Å²) >= 11 is 1.76. The molecule has 0 radical (unpaired) electrons. The van der Waals surface area contributed by atoms with Crippen LogP contribution in [0.25, 0.3) is 22.3 Å². The summed E-state index contributed by atoms with van der Waals surface area (Å²) in [5.74, 6) is 1.41. The minimum absolute atomic E-state index is 0.0941. The van der Waals surface area contributed by atoms with E-state index in [-0.39, 0.29) is 11.4 Å². The summed E-state index contributed by atoms with van der Waals surface area (Å²) in [6.45, 7) is 9.96. The first-order chi connectivity index (χ1) is 13.4. The number of carbonyl (C=O) groups excluding carboxylic acids is 1. The quantitative estimate of drug-likeness (QED) is 0.241. The minimum Gasteiger partial charge on any atom is -0.462 e. The van der Waals surface area contributed by atoms with Gasteiger partial charge in [0.15, 0.2) is 0 Å². The van der Waals surface area contributed by atoms with Gasteiger partial charge < -0.3 is 9.15 Å². The van der Waals surface area contributed by atoms with Gasteiger partial charge in [-0.1, -0.05) is 50.8 Å². The van der Waals surface area contributed by atoms with E-state index in [1.54, 1.807) is 18.7 Å². The highest BCUT2D eigenvalue weighted by atomic mass is 32.2. The first-order valence-electron chi connectivity index (χ1n) is 9.45. The number of esters is 1. The van der Waals surface area contributed by atoms with Crippen molar-refractivity contribution in [2.45, 2.75) is 32.1 Å². The molecule has 0 saturated carbocycles. The van der Waals surface area contributed by atoms with Crippen molar-refractivity contribution < 1.29 is 13.9 Å². The first kappa shape index (κ1) is 20.3. The van der Waals surface area contributed by atoms with Crippen LogP contribution >= 0.6 is 11.8 Å². The van der Waals surface area contributed by atoms with Crippen LogP contribution in [0.1, 0.15) is 27.2 Å². The predicted octanol–water partition coefficient (Wildman–Crippen LogP) is 6.73. The number of ether oxygens (including phenoxy) is 1. The molecule has 146 valence electrons. The molecule has 0 fully saturated rings. The molecule has 0 bridgehead atoms. The number of carbonyl (C=O) groups is 1. The highest BCUT2D eigenvalue weighted by Crippen LogP contribution is 2.34. The van der Waals surface area contributed by atoms with Crippen molar-refractivity contribution in [1.82, 2.24) is 0 Å². The van der Waals surface area contributed by atoms with Crippen molar-refractivity contribution in [1.29, 1.82) is 0 Å². The fourth-order valence-electron chi connectivity index (χ4n) is 2.71. The molecule has 0 amide bonds. The monoisotopic (exact) mass is 394 g/mol. The maximum atomic E-state index is 11.7. The van der Waals surface area contributed by atoms with Crippen molar-refractivity contribution in [2.24, 2.45) is 5.41 Å². The zero-order valence-electron chi connectivity index (χ0n) is 16.7. The average Bonchev–Trinajstić information content (AvgIpc) is 3.14. The summed E-state index contributed by atoms with van der Waals surface area (Å²) in [5, 5.41) is 1.09. The molecule has 28 heavy (non-hydrogen) atoms.